The van der Waals surface area contributed by atoms with Gasteiger partial charge in [0.1, 0.15) is 12.7 Å². The molecule has 29 heavy (non-hydrogen) atoms. The Hall–Kier alpha value is -2.35. The summed E-state index contributed by atoms with van der Waals surface area (Å²) in [7, 11) is 2.10. The monoisotopic (exact) mass is 387 g/mol. The highest BCUT2D eigenvalue weighted by atomic mass is 15.1. The van der Waals surface area contributed by atoms with Crippen molar-refractivity contribution in [3.63, 3.8) is 0 Å². The third-order valence-corrected chi connectivity index (χ3v) is 6.50. The summed E-state index contributed by atoms with van der Waals surface area (Å²) >= 11 is 0. The van der Waals surface area contributed by atoms with Crippen molar-refractivity contribution in [2.45, 2.75) is 57.8 Å². The molecular weight excluding hydrogens is 352 g/mol. The highest BCUT2D eigenvalue weighted by molar-refractivity contribution is 5.86. The van der Waals surface area contributed by atoms with Crippen LogP contribution in [0.2, 0.25) is 0 Å². The van der Waals surface area contributed by atoms with Crippen LogP contribution in [-0.4, -0.2) is 6.54 Å². The molecule has 1 aliphatic rings. The van der Waals surface area contributed by atoms with E-state index in [2.05, 4.69) is 83.5 Å². The minimum Gasteiger partial charge on any atom is -0.337 e. The van der Waals surface area contributed by atoms with Crippen LogP contribution in [0.5, 0.6) is 0 Å². The quantitative estimate of drug-likeness (QED) is 0.300. The van der Waals surface area contributed by atoms with Crippen LogP contribution >= 0.6 is 0 Å². The molecule has 0 aliphatic heterocycles. The molecule has 2 nitrogen and oxygen atoms in total. The van der Waals surface area contributed by atoms with Gasteiger partial charge >= 0.3 is 0 Å². The maximum atomic E-state index is 2.49. The summed E-state index contributed by atoms with van der Waals surface area (Å²) in [4.78, 5) is 2.49. The molecule has 0 saturated heterocycles. The van der Waals surface area contributed by atoms with Crippen LogP contribution in [0.3, 0.4) is 0 Å². The number of hydrogen-bond acceptors (Lipinski definition) is 1. The van der Waals surface area contributed by atoms with E-state index in [0.29, 0.717) is 0 Å². The third kappa shape index (κ3) is 5.38. The Kier molecular flexibility index (Phi) is 6.82. The largest absolute Gasteiger partial charge is 0.337 e. The highest BCUT2D eigenvalue weighted by Crippen LogP contribution is 2.30. The molecule has 0 atom stereocenters. The number of hydrogen-bond donors (Lipinski definition) is 0. The van der Waals surface area contributed by atoms with Gasteiger partial charge in [0.2, 0.25) is 0 Å². The molecule has 1 aliphatic carbocycles. The second kappa shape index (κ2) is 9.91. The first kappa shape index (κ1) is 19.9. The number of anilines is 2. The Morgan fingerprint density at radius 1 is 0.828 bits per heavy atom. The number of rotatable bonds is 8. The van der Waals surface area contributed by atoms with E-state index in [1.165, 1.54) is 79.9 Å². The van der Waals surface area contributed by atoms with Gasteiger partial charge in [-0.1, -0.05) is 81.7 Å². The van der Waals surface area contributed by atoms with Gasteiger partial charge in [0, 0.05) is 18.3 Å². The third-order valence-electron chi connectivity index (χ3n) is 6.50. The van der Waals surface area contributed by atoms with Gasteiger partial charge in [-0.3, -0.25) is 0 Å². The summed E-state index contributed by atoms with van der Waals surface area (Å²) < 4.78 is 2.15. The zero-order valence-corrected chi connectivity index (χ0v) is 17.9. The summed E-state index contributed by atoms with van der Waals surface area (Å²) in [6.07, 6.45) is 17.1. The number of aryl methyl sites for hydroxylation is 1. The van der Waals surface area contributed by atoms with Gasteiger partial charge in [0.25, 0.3) is 0 Å². The standard InChI is InChI=1S/C27H35N2/c1-28-19-10-16-27(22-28)29(20-9-3-6-13-23-11-4-2-5-12-23)26-18-17-24-14-7-8-15-25(24)21-26/h7-8,10,14-19,21-23H,2-6,9,11-13,20H2,1H3/q+1. The lowest BCUT2D eigenvalue weighted by molar-refractivity contribution is -0.670. The zero-order chi connectivity index (χ0) is 19.9. The van der Waals surface area contributed by atoms with Crippen molar-refractivity contribution < 1.29 is 4.57 Å². The molecule has 4 rings (SSSR count). The second-order valence-electron chi connectivity index (χ2n) is 8.76. The Labute approximate surface area is 176 Å². The molecule has 152 valence electrons. The number of fused-ring (bicyclic) bond motifs is 1. The molecule has 2 aromatic carbocycles. The molecule has 1 heterocycles. The number of unbranched alkanes of at least 4 members (excludes halogenated alkanes) is 2. The highest BCUT2D eigenvalue weighted by Gasteiger charge is 2.14. The van der Waals surface area contributed by atoms with Crippen molar-refractivity contribution in [3.8, 4) is 0 Å². The number of pyridine rings is 1. The van der Waals surface area contributed by atoms with Crippen LogP contribution in [0.15, 0.2) is 67.0 Å². The van der Waals surface area contributed by atoms with E-state index in [9.17, 15) is 0 Å². The SMILES string of the molecule is C[n+]1cccc(N(CCCCCC2CCCCC2)c2ccc3ccccc3c2)c1. The lowest BCUT2D eigenvalue weighted by atomic mass is 9.85. The lowest BCUT2D eigenvalue weighted by Gasteiger charge is -2.25. The maximum absolute atomic E-state index is 2.49. The maximum Gasteiger partial charge on any atom is 0.192 e. The van der Waals surface area contributed by atoms with Crippen LogP contribution in [0, 0.1) is 5.92 Å². The molecule has 1 fully saturated rings. The van der Waals surface area contributed by atoms with E-state index in [0.717, 1.165) is 12.5 Å². The van der Waals surface area contributed by atoms with Gasteiger partial charge in [0.15, 0.2) is 12.4 Å². The van der Waals surface area contributed by atoms with Crippen LogP contribution in [-0.2, 0) is 7.05 Å². The molecule has 0 bridgehead atoms. The van der Waals surface area contributed by atoms with Crippen molar-refractivity contribution in [2.24, 2.45) is 13.0 Å². The first-order valence-corrected chi connectivity index (χ1v) is 11.5. The van der Waals surface area contributed by atoms with Gasteiger partial charge in [-0.05, 0) is 41.3 Å². The summed E-state index contributed by atoms with van der Waals surface area (Å²) in [5, 5.41) is 2.62. The lowest BCUT2D eigenvalue weighted by Crippen LogP contribution is -2.29. The summed E-state index contributed by atoms with van der Waals surface area (Å²) in [6.45, 7) is 1.08. The van der Waals surface area contributed by atoms with E-state index < -0.39 is 0 Å². The molecule has 0 N–H and O–H groups in total. The number of aromatic nitrogens is 1. The molecule has 0 radical (unpaired) electrons. The first-order valence-electron chi connectivity index (χ1n) is 11.5. The summed E-state index contributed by atoms with van der Waals surface area (Å²) in [6, 6.07) is 19.9. The first-order chi connectivity index (χ1) is 14.3. The van der Waals surface area contributed by atoms with Gasteiger partial charge in [-0.2, -0.15) is 0 Å². The van der Waals surface area contributed by atoms with E-state index in [4.69, 9.17) is 0 Å². The molecule has 3 aromatic rings. The molecule has 0 unspecified atom stereocenters. The molecule has 1 saturated carbocycles. The van der Waals surface area contributed by atoms with Crippen molar-refractivity contribution in [2.75, 3.05) is 11.4 Å². The van der Waals surface area contributed by atoms with Gasteiger partial charge in [0.05, 0.1) is 0 Å². The number of nitrogens with zero attached hydrogens (tertiary/aromatic N) is 2. The van der Waals surface area contributed by atoms with E-state index in [1.807, 2.05) is 0 Å². The Morgan fingerprint density at radius 2 is 1.66 bits per heavy atom. The van der Waals surface area contributed by atoms with E-state index >= 15 is 0 Å². The van der Waals surface area contributed by atoms with E-state index in [1.54, 1.807) is 0 Å². The Morgan fingerprint density at radius 3 is 2.48 bits per heavy atom. The van der Waals surface area contributed by atoms with Gasteiger partial charge < -0.3 is 4.90 Å². The summed E-state index contributed by atoms with van der Waals surface area (Å²) in [5.74, 6) is 1.01. The van der Waals surface area contributed by atoms with Crippen LogP contribution < -0.4 is 9.47 Å². The molecule has 0 spiro atoms. The van der Waals surface area contributed by atoms with Crippen LogP contribution in [0.25, 0.3) is 10.8 Å². The Balaban J connectivity index is 1.43. The normalized spacial score (nSPS) is 14.9. The van der Waals surface area contributed by atoms with Crippen LogP contribution in [0.1, 0.15) is 57.8 Å². The van der Waals surface area contributed by atoms with Crippen LogP contribution in [0.4, 0.5) is 11.4 Å². The van der Waals surface area contributed by atoms with Crippen molar-refractivity contribution in [1.82, 2.24) is 0 Å². The fraction of sp³-hybridized carbons (Fsp3) is 0.444. The minimum atomic E-state index is 1.01. The molecule has 2 heteroatoms. The van der Waals surface area contributed by atoms with Gasteiger partial charge in [-0.15, -0.1) is 0 Å². The van der Waals surface area contributed by atoms with Crippen molar-refractivity contribution in [1.29, 1.82) is 0 Å². The van der Waals surface area contributed by atoms with Crippen molar-refractivity contribution in [3.05, 3.63) is 67.0 Å². The smallest absolute Gasteiger partial charge is 0.192 e. The average molecular weight is 388 g/mol. The molecule has 1 aromatic heterocycles. The average Bonchev–Trinajstić information content (AvgIpc) is 2.76. The topological polar surface area (TPSA) is 7.12 Å². The van der Waals surface area contributed by atoms with E-state index in [-0.39, 0.29) is 0 Å². The summed E-state index contributed by atoms with van der Waals surface area (Å²) in [5.41, 5.74) is 2.57. The fourth-order valence-electron chi connectivity index (χ4n) is 4.84. The predicted octanol–water partition coefficient (Wildman–Crippen LogP) is 6.94. The Bertz CT molecular complexity index is 911. The second-order valence-corrected chi connectivity index (χ2v) is 8.76. The molecular formula is C27H35N2+. The zero-order valence-electron chi connectivity index (χ0n) is 17.9. The number of benzene rings is 2. The minimum absolute atomic E-state index is 1.01. The van der Waals surface area contributed by atoms with Gasteiger partial charge in [-0.25, -0.2) is 4.57 Å². The predicted molar refractivity (Wildman–Crippen MR) is 124 cm³/mol. The van der Waals surface area contributed by atoms with Crippen molar-refractivity contribution >= 4 is 22.1 Å². The fourth-order valence-corrected chi connectivity index (χ4v) is 4.84. The molecule has 0 amide bonds.